The molecule has 65 heavy (non-hydrogen) atoms. The van der Waals surface area contributed by atoms with E-state index in [1.807, 2.05) is 49.5 Å². The number of carbonyl (C=O) groups excluding carboxylic acids is 7. The topological polar surface area (TPSA) is 282 Å². The number of aliphatic imine (C=N–C) groups is 1. The first-order valence-electron chi connectivity index (χ1n) is 22.6. The van der Waals surface area contributed by atoms with Gasteiger partial charge in [-0.3, -0.25) is 33.6 Å². The van der Waals surface area contributed by atoms with Crippen molar-refractivity contribution >= 4 is 47.3 Å². The van der Waals surface area contributed by atoms with Crippen LogP contribution in [-0.2, 0) is 40.0 Å². The lowest BCUT2D eigenvalue weighted by molar-refractivity contribution is -0.137. The Kier molecular flexibility index (Phi) is 15.9. The van der Waals surface area contributed by atoms with E-state index >= 15 is 0 Å². The molecule has 17 heteroatoms. The number of hydrogen-bond acceptors (Lipinski definition) is 8. The van der Waals surface area contributed by atoms with Gasteiger partial charge in [0.2, 0.25) is 41.4 Å². The van der Waals surface area contributed by atoms with Crippen LogP contribution in [-0.4, -0.2) is 77.5 Å². The summed E-state index contributed by atoms with van der Waals surface area (Å²) in [6, 6.07) is 15.2. The Morgan fingerprint density at radius 3 is 2.22 bits per heavy atom. The summed E-state index contributed by atoms with van der Waals surface area (Å²) in [4.78, 5) is 99.0. The Bertz CT molecular complexity index is 2220. The molecule has 7 atom stereocenters. The smallest absolute Gasteiger partial charge is 0.248 e. The summed E-state index contributed by atoms with van der Waals surface area (Å²) in [7, 11) is 0. The molecule has 7 amide bonds. The highest BCUT2D eigenvalue weighted by Gasteiger charge is 2.61. The molecule has 0 radical (unpaired) electrons. The van der Waals surface area contributed by atoms with Crippen LogP contribution in [0.1, 0.15) is 101 Å². The number of nitrogens with two attached hydrogens (primary N) is 3. The fourth-order valence-electron chi connectivity index (χ4n) is 9.36. The fraction of sp³-hybridized carbons (Fsp3) is 0.458. The van der Waals surface area contributed by atoms with E-state index in [-0.39, 0.29) is 55.3 Å². The van der Waals surface area contributed by atoms with Gasteiger partial charge in [-0.25, -0.2) is 0 Å². The number of hydrogen-bond donors (Lipinski definition) is 9. The van der Waals surface area contributed by atoms with Crippen molar-refractivity contribution in [3.05, 3.63) is 107 Å². The lowest BCUT2D eigenvalue weighted by Gasteiger charge is -2.34. The molecule has 0 aromatic heterocycles. The molecular weight excluding hydrogens is 829 g/mol. The van der Waals surface area contributed by atoms with Crippen LogP contribution in [0.15, 0.2) is 101 Å². The van der Waals surface area contributed by atoms with Gasteiger partial charge in [-0.2, -0.15) is 4.99 Å². The summed E-state index contributed by atoms with van der Waals surface area (Å²) in [5, 5.41) is 17.4. The van der Waals surface area contributed by atoms with Crippen LogP contribution in [0.4, 0.5) is 0 Å². The Morgan fingerprint density at radius 2 is 1.51 bits per heavy atom. The largest absolute Gasteiger partial charge is 0.370 e. The van der Waals surface area contributed by atoms with E-state index in [2.05, 4.69) is 55.1 Å². The van der Waals surface area contributed by atoms with Gasteiger partial charge in [-0.1, -0.05) is 86.2 Å². The molecule has 2 aromatic carbocycles. The van der Waals surface area contributed by atoms with Crippen LogP contribution < -0.4 is 49.1 Å². The number of benzene rings is 2. The molecule has 0 saturated heterocycles. The normalized spacial score (nSPS) is 22.8. The summed E-state index contributed by atoms with van der Waals surface area (Å²) in [6.07, 6.45) is 12.5. The zero-order valence-electron chi connectivity index (χ0n) is 36.9. The Labute approximate surface area is 379 Å². The molecule has 17 nitrogen and oxygen atoms in total. The van der Waals surface area contributed by atoms with Gasteiger partial charge < -0.3 is 49.1 Å². The summed E-state index contributed by atoms with van der Waals surface area (Å²) in [5.74, 6) is -4.68. The van der Waals surface area contributed by atoms with E-state index in [4.69, 9.17) is 17.2 Å². The summed E-state index contributed by atoms with van der Waals surface area (Å²) < 4.78 is 0. The first kappa shape index (κ1) is 47.7. The van der Waals surface area contributed by atoms with E-state index in [0.29, 0.717) is 37.7 Å². The quantitative estimate of drug-likeness (QED) is 0.0499. The van der Waals surface area contributed by atoms with E-state index in [0.717, 1.165) is 36.1 Å². The molecular formula is C48H62N10O7. The van der Waals surface area contributed by atoms with Crippen molar-refractivity contribution in [2.75, 3.05) is 6.54 Å². The Morgan fingerprint density at radius 1 is 0.815 bits per heavy atom. The van der Waals surface area contributed by atoms with Crippen LogP contribution in [0.2, 0.25) is 0 Å². The monoisotopic (exact) mass is 890 g/mol. The zero-order chi connectivity index (χ0) is 46.6. The maximum atomic E-state index is 14.8. The number of amides is 7. The molecule has 0 bridgehead atoms. The molecule has 1 spiro atoms. The van der Waals surface area contributed by atoms with Gasteiger partial charge in [0.15, 0.2) is 5.96 Å². The minimum Gasteiger partial charge on any atom is -0.370 e. The van der Waals surface area contributed by atoms with Crippen LogP contribution in [0.3, 0.4) is 0 Å². The first-order valence-corrected chi connectivity index (χ1v) is 22.6. The number of nitrogens with one attached hydrogen (secondary N) is 6. The molecule has 2 fully saturated rings. The predicted molar refractivity (Wildman–Crippen MR) is 244 cm³/mol. The van der Waals surface area contributed by atoms with E-state index in [1.165, 1.54) is 0 Å². The van der Waals surface area contributed by atoms with Gasteiger partial charge in [0.25, 0.3) is 0 Å². The van der Waals surface area contributed by atoms with Gasteiger partial charge in [0.05, 0.1) is 6.54 Å². The highest BCUT2D eigenvalue weighted by Crippen LogP contribution is 2.66. The Balaban J connectivity index is 1.27. The van der Waals surface area contributed by atoms with Crippen molar-refractivity contribution in [2.45, 2.75) is 120 Å². The standard InChI is InChI=1S/C48H62N10O7/c1-2-3-19-41(61)58-47(23-11-16-32(22-24-47)31-14-8-5-9-15-31)45(65)56-36(25-30-12-6-4-7-13-30)44(64)54-35(20-21-40(60)57-46(50)51)43(63)55-37(42(62)53-29-39(49)59)26-34-28-52-38-18-10-17-33-27-48(33,34)38/h4-10,12-15,17-18,28,32-33,35-37,52H,2-3,11,16,19-27,29H2,1H3,(H2,49,59)(H,53,62)(H,54,64)(H,55,63)(H,56,65)(H,58,61)(H4,50,51,57,60)/t32-,33?,35-,36+,37-,47+,48?/m0/s1. The number of primary amides is 1. The van der Waals surface area contributed by atoms with Gasteiger partial charge >= 0.3 is 0 Å². The number of rotatable bonds is 21. The predicted octanol–water partition coefficient (Wildman–Crippen LogP) is 2.00. The Hall–Kier alpha value is -6.78. The molecule has 1 heterocycles. The third kappa shape index (κ3) is 12.3. The number of carbonyl (C=O) groups is 7. The second-order valence-corrected chi connectivity index (χ2v) is 17.5. The first-order chi connectivity index (χ1) is 31.2. The molecule has 4 aliphatic rings. The third-order valence-electron chi connectivity index (χ3n) is 12.9. The number of guanidine groups is 1. The van der Waals surface area contributed by atoms with Crippen LogP contribution >= 0.6 is 0 Å². The van der Waals surface area contributed by atoms with Crippen LogP contribution in [0.5, 0.6) is 0 Å². The molecule has 12 N–H and O–H groups in total. The van der Waals surface area contributed by atoms with Crippen molar-refractivity contribution in [3.63, 3.8) is 0 Å². The van der Waals surface area contributed by atoms with Crippen molar-refractivity contribution < 1.29 is 33.6 Å². The molecule has 2 aromatic rings. The molecule has 1 aliphatic heterocycles. The molecule has 2 saturated carbocycles. The minimum absolute atomic E-state index is 0.0129. The van der Waals surface area contributed by atoms with Crippen molar-refractivity contribution in [1.29, 1.82) is 0 Å². The van der Waals surface area contributed by atoms with Gasteiger partial charge in [-0.15, -0.1) is 0 Å². The minimum atomic E-state index is -1.44. The van der Waals surface area contributed by atoms with Gasteiger partial charge in [0, 0.05) is 43.0 Å². The molecule has 2 unspecified atom stereocenters. The maximum absolute atomic E-state index is 14.8. The van der Waals surface area contributed by atoms with Gasteiger partial charge in [0.1, 0.15) is 23.7 Å². The number of allylic oxidation sites excluding steroid dienone is 4. The van der Waals surface area contributed by atoms with Crippen molar-refractivity contribution in [2.24, 2.45) is 33.5 Å². The molecule has 346 valence electrons. The number of nitrogens with zero attached hydrogens (tertiary/aromatic N) is 1. The maximum Gasteiger partial charge on any atom is 0.248 e. The van der Waals surface area contributed by atoms with Crippen molar-refractivity contribution in [1.82, 2.24) is 31.9 Å². The molecule has 6 rings (SSSR count). The average Bonchev–Trinajstić information content (AvgIpc) is 4.00. The van der Waals surface area contributed by atoms with Gasteiger partial charge in [-0.05, 0) is 86.0 Å². The number of unbranched alkanes of at least 4 members (excludes halogenated alkanes) is 1. The van der Waals surface area contributed by atoms with Crippen LogP contribution in [0, 0.1) is 11.3 Å². The summed E-state index contributed by atoms with van der Waals surface area (Å²) in [6.45, 7) is 1.50. The third-order valence-corrected chi connectivity index (χ3v) is 12.9. The van der Waals surface area contributed by atoms with E-state index in [1.54, 1.807) is 24.3 Å². The van der Waals surface area contributed by atoms with Crippen LogP contribution in [0.25, 0.3) is 0 Å². The van der Waals surface area contributed by atoms with E-state index in [9.17, 15) is 33.6 Å². The van der Waals surface area contributed by atoms with E-state index < -0.39 is 71.6 Å². The summed E-state index contributed by atoms with van der Waals surface area (Å²) >= 11 is 0. The lowest BCUT2D eigenvalue weighted by Crippen LogP contribution is -2.63. The average molecular weight is 891 g/mol. The highest BCUT2D eigenvalue weighted by atomic mass is 16.2. The lowest BCUT2D eigenvalue weighted by atomic mass is 9.86. The zero-order valence-corrected chi connectivity index (χ0v) is 36.9. The SMILES string of the molecule is CCCCC(=O)N[C@]1(C(=O)N[C@H](Cc2ccccc2)C(=O)N[C@@H](CCC(=O)N=C(N)N)C(=O)N[C@@H](CC2=CNC3=CC=CC4CC234)C(=O)NCC(N)=O)CCC[C@H](c2ccccc2)CC1. The highest BCUT2D eigenvalue weighted by molar-refractivity contribution is 5.98. The molecule has 3 aliphatic carbocycles. The second kappa shape index (κ2) is 21.7. The summed E-state index contributed by atoms with van der Waals surface area (Å²) in [5.41, 5.74) is 18.3. The van der Waals surface area contributed by atoms with Crippen molar-refractivity contribution in [3.8, 4) is 0 Å². The fourth-order valence-corrected chi connectivity index (χ4v) is 9.36. The second-order valence-electron chi connectivity index (χ2n) is 17.5.